The Hall–Kier alpha value is -4.95. The van der Waals surface area contributed by atoms with E-state index in [9.17, 15) is 18.8 Å². The highest BCUT2D eigenvalue weighted by Gasteiger charge is 2.35. The molecule has 0 unspecified atom stereocenters. The molecule has 6 rings (SSSR count). The lowest BCUT2D eigenvalue weighted by atomic mass is 10.0. The van der Waals surface area contributed by atoms with Gasteiger partial charge in [0, 0.05) is 21.9 Å². The van der Waals surface area contributed by atoms with Crippen LogP contribution in [0.2, 0.25) is 5.02 Å². The maximum absolute atomic E-state index is 14.2. The van der Waals surface area contributed by atoms with Crippen molar-refractivity contribution in [3.63, 3.8) is 0 Å². The Balaban J connectivity index is 1.80. The van der Waals surface area contributed by atoms with E-state index < -0.39 is 17.7 Å². The van der Waals surface area contributed by atoms with Gasteiger partial charge in [-0.3, -0.25) is 4.79 Å². The van der Waals surface area contributed by atoms with Crippen LogP contribution in [-0.4, -0.2) is 35.3 Å². The van der Waals surface area contributed by atoms with E-state index in [1.165, 1.54) is 16.5 Å². The third-order valence-electron chi connectivity index (χ3n) is 6.95. The predicted molar refractivity (Wildman–Crippen MR) is 157 cm³/mol. The molecule has 3 aromatic heterocycles. The van der Waals surface area contributed by atoms with Gasteiger partial charge in [0.25, 0.3) is 0 Å². The second-order valence-electron chi connectivity index (χ2n) is 9.45. The van der Waals surface area contributed by atoms with Gasteiger partial charge in [0.15, 0.2) is 5.58 Å². The molecule has 210 valence electrons. The van der Waals surface area contributed by atoms with Gasteiger partial charge in [0.1, 0.15) is 28.4 Å². The van der Waals surface area contributed by atoms with E-state index in [2.05, 4.69) is 0 Å². The van der Waals surface area contributed by atoms with Gasteiger partial charge in [-0.25, -0.2) is 14.0 Å². The van der Waals surface area contributed by atoms with Gasteiger partial charge < -0.3 is 18.3 Å². The number of carbonyl (C=O) groups excluding carboxylic acids is 3. The minimum Gasteiger partial charge on any atom is -0.462 e. The summed E-state index contributed by atoms with van der Waals surface area (Å²) in [6.07, 6.45) is 0. The SMILES string of the molecule is CCOC(=O)c1c(C(=O)OCC)c2ccc3c(Cl)cc4cc(-c5ccc(F)cc5)oc4c3n2c1C(=O)c1ccccc1. The Morgan fingerprint density at radius 3 is 2.19 bits per heavy atom. The summed E-state index contributed by atoms with van der Waals surface area (Å²) in [6, 6.07) is 21.0. The molecular weight excluding hydrogens is 561 g/mol. The van der Waals surface area contributed by atoms with Crippen LogP contribution in [0.3, 0.4) is 0 Å². The number of fused-ring (bicyclic) bond motifs is 5. The van der Waals surface area contributed by atoms with Crippen LogP contribution in [0.5, 0.6) is 0 Å². The summed E-state index contributed by atoms with van der Waals surface area (Å²) in [5.41, 5.74) is 1.46. The van der Waals surface area contributed by atoms with Crippen LogP contribution in [0, 0.1) is 5.82 Å². The van der Waals surface area contributed by atoms with Gasteiger partial charge in [0.05, 0.1) is 29.3 Å². The molecule has 0 radical (unpaired) electrons. The highest BCUT2D eigenvalue weighted by molar-refractivity contribution is 6.37. The van der Waals surface area contributed by atoms with Crippen LogP contribution >= 0.6 is 11.6 Å². The fraction of sp³-hybridized carbons (Fsp3) is 0.121. The number of aromatic nitrogens is 1. The number of hydrogen-bond donors (Lipinski definition) is 0. The lowest BCUT2D eigenvalue weighted by Crippen LogP contribution is -2.17. The number of esters is 2. The predicted octanol–water partition coefficient (Wildman–Crippen LogP) is 7.88. The van der Waals surface area contributed by atoms with E-state index in [0.29, 0.717) is 43.8 Å². The van der Waals surface area contributed by atoms with Crippen LogP contribution in [0.4, 0.5) is 4.39 Å². The molecule has 0 atom stereocenters. The number of benzene rings is 3. The van der Waals surface area contributed by atoms with Crippen molar-refractivity contribution in [3.05, 3.63) is 112 Å². The van der Waals surface area contributed by atoms with Crippen LogP contribution in [0.1, 0.15) is 50.6 Å². The molecule has 0 bridgehead atoms. The molecule has 3 aromatic carbocycles. The number of furan rings is 1. The first kappa shape index (κ1) is 27.2. The highest BCUT2D eigenvalue weighted by Crippen LogP contribution is 2.40. The molecule has 42 heavy (non-hydrogen) atoms. The number of pyridine rings is 1. The normalized spacial score (nSPS) is 11.3. The summed E-state index contributed by atoms with van der Waals surface area (Å²) in [5, 5.41) is 1.47. The molecule has 0 N–H and O–H groups in total. The molecule has 6 aromatic rings. The smallest absolute Gasteiger partial charge is 0.341 e. The standard InChI is InChI=1S/C33H23ClFNO6/c1-3-40-32(38)26-24-15-14-22-23(34)16-20-17-25(18-10-12-21(35)13-11-18)42-31(20)28(22)36(24)29(27(26)33(39)41-4-2)30(37)19-8-6-5-7-9-19/h5-17H,3-4H2,1-2H3. The maximum atomic E-state index is 14.2. The summed E-state index contributed by atoms with van der Waals surface area (Å²) < 4.78 is 32.2. The first-order valence-corrected chi connectivity index (χ1v) is 13.6. The number of ketones is 1. The van der Waals surface area contributed by atoms with Crippen molar-refractivity contribution < 1.29 is 32.7 Å². The molecule has 3 heterocycles. The topological polar surface area (TPSA) is 87.2 Å². The van der Waals surface area contributed by atoms with E-state index in [4.69, 9.17) is 25.5 Å². The molecule has 0 aliphatic carbocycles. The van der Waals surface area contributed by atoms with Crippen LogP contribution in [0.15, 0.2) is 83.3 Å². The number of carbonyl (C=O) groups is 3. The zero-order valence-corrected chi connectivity index (χ0v) is 23.3. The first-order chi connectivity index (χ1) is 20.3. The van der Waals surface area contributed by atoms with Gasteiger partial charge in [-0.1, -0.05) is 41.9 Å². The molecular formula is C33H23ClFNO6. The van der Waals surface area contributed by atoms with E-state index in [0.717, 1.165) is 0 Å². The highest BCUT2D eigenvalue weighted by atomic mass is 35.5. The maximum Gasteiger partial charge on any atom is 0.341 e. The minimum absolute atomic E-state index is 0.0162. The zero-order valence-electron chi connectivity index (χ0n) is 22.6. The number of rotatable bonds is 7. The van der Waals surface area contributed by atoms with Crippen LogP contribution < -0.4 is 0 Å². The fourth-order valence-electron chi connectivity index (χ4n) is 5.18. The van der Waals surface area contributed by atoms with Crippen molar-refractivity contribution in [3.8, 4) is 11.3 Å². The Morgan fingerprint density at radius 2 is 1.52 bits per heavy atom. The molecule has 0 saturated heterocycles. The van der Waals surface area contributed by atoms with Crippen molar-refractivity contribution in [1.82, 2.24) is 4.40 Å². The minimum atomic E-state index is -0.846. The molecule has 0 aliphatic heterocycles. The van der Waals surface area contributed by atoms with E-state index in [-0.39, 0.29) is 41.4 Å². The molecule has 0 amide bonds. The monoisotopic (exact) mass is 583 g/mol. The van der Waals surface area contributed by atoms with E-state index >= 15 is 0 Å². The average Bonchev–Trinajstić information content (AvgIpc) is 3.57. The quantitative estimate of drug-likeness (QED) is 0.140. The van der Waals surface area contributed by atoms with Gasteiger partial charge >= 0.3 is 11.9 Å². The van der Waals surface area contributed by atoms with Crippen LogP contribution in [0.25, 0.3) is 38.7 Å². The second-order valence-corrected chi connectivity index (χ2v) is 9.85. The van der Waals surface area contributed by atoms with Crippen molar-refractivity contribution in [2.24, 2.45) is 0 Å². The Bertz CT molecular complexity index is 2030. The fourth-order valence-corrected chi connectivity index (χ4v) is 5.45. The average molecular weight is 584 g/mol. The molecule has 0 aliphatic rings. The molecule has 7 nitrogen and oxygen atoms in total. The Kier molecular flexibility index (Phi) is 7.00. The zero-order chi connectivity index (χ0) is 29.5. The van der Waals surface area contributed by atoms with E-state index in [1.54, 1.807) is 80.6 Å². The van der Waals surface area contributed by atoms with Crippen molar-refractivity contribution >= 4 is 56.7 Å². The summed E-state index contributed by atoms with van der Waals surface area (Å²) in [7, 11) is 0. The molecule has 0 spiro atoms. The summed E-state index contributed by atoms with van der Waals surface area (Å²) >= 11 is 6.76. The van der Waals surface area contributed by atoms with Crippen molar-refractivity contribution in [2.45, 2.75) is 13.8 Å². The van der Waals surface area contributed by atoms with Crippen LogP contribution in [-0.2, 0) is 9.47 Å². The van der Waals surface area contributed by atoms with Gasteiger partial charge in [-0.15, -0.1) is 0 Å². The number of ether oxygens (including phenoxy) is 2. The summed E-state index contributed by atoms with van der Waals surface area (Å²) in [4.78, 5) is 41.1. The second kappa shape index (κ2) is 10.8. The molecule has 9 heteroatoms. The largest absolute Gasteiger partial charge is 0.462 e. The number of halogens is 2. The first-order valence-electron chi connectivity index (χ1n) is 13.3. The molecule has 0 fully saturated rings. The van der Waals surface area contributed by atoms with Crippen molar-refractivity contribution in [2.75, 3.05) is 13.2 Å². The Morgan fingerprint density at radius 1 is 0.857 bits per heavy atom. The van der Waals surface area contributed by atoms with Crippen molar-refractivity contribution in [1.29, 1.82) is 0 Å². The lowest BCUT2D eigenvalue weighted by molar-refractivity contribution is 0.0480. The lowest BCUT2D eigenvalue weighted by Gasteiger charge is -2.10. The summed E-state index contributed by atoms with van der Waals surface area (Å²) in [5.74, 6) is -2.10. The van der Waals surface area contributed by atoms with Gasteiger partial charge in [-0.2, -0.15) is 0 Å². The Labute approximate surface area is 244 Å². The third kappa shape index (κ3) is 4.40. The molecule has 0 saturated carbocycles. The van der Waals surface area contributed by atoms with E-state index in [1.807, 2.05) is 0 Å². The van der Waals surface area contributed by atoms with Gasteiger partial charge in [-0.05, 0) is 62.4 Å². The summed E-state index contributed by atoms with van der Waals surface area (Å²) in [6.45, 7) is 3.34. The van der Waals surface area contributed by atoms with Gasteiger partial charge in [0.2, 0.25) is 5.78 Å². The number of nitrogens with zero attached hydrogens (tertiary/aromatic N) is 1. The third-order valence-corrected chi connectivity index (χ3v) is 7.26. The number of hydrogen-bond acceptors (Lipinski definition) is 6.